The molecule has 2 fully saturated rings. The lowest BCUT2D eigenvalue weighted by Crippen LogP contribution is -2.00. The minimum atomic E-state index is 0.441. The van der Waals surface area contributed by atoms with Crippen LogP contribution in [-0.4, -0.2) is 5.11 Å². The molecular weight excluding hydrogens is 172 g/mol. The van der Waals surface area contributed by atoms with Crippen LogP contribution in [0.1, 0.15) is 46.0 Å². The SMILES string of the molecule is C/C(O)=C\C(C)=C1/CCCC1C1CC1. The Kier molecular flexibility index (Phi) is 2.66. The molecule has 2 rings (SSSR count). The summed E-state index contributed by atoms with van der Waals surface area (Å²) in [6.45, 7) is 3.90. The van der Waals surface area contributed by atoms with E-state index in [0.29, 0.717) is 5.76 Å². The highest BCUT2D eigenvalue weighted by Crippen LogP contribution is 2.48. The molecule has 1 atom stereocenters. The van der Waals surface area contributed by atoms with Gasteiger partial charge in [-0.2, -0.15) is 0 Å². The molecule has 0 aliphatic heterocycles. The number of aliphatic hydroxyl groups excluding tert-OH is 1. The van der Waals surface area contributed by atoms with Gasteiger partial charge in [0.05, 0.1) is 5.76 Å². The molecule has 0 spiro atoms. The van der Waals surface area contributed by atoms with Gasteiger partial charge in [0.15, 0.2) is 0 Å². The molecule has 78 valence electrons. The summed E-state index contributed by atoms with van der Waals surface area (Å²) in [5.41, 5.74) is 2.94. The van der Waals surface area contributed by atoms with Crippen LogP contribution in [-0.2, 0) is 0 Å². The van der Waals surface area contributed by atoms with Crippen LogP contribution in [0.2, 0.25) is 0 Å². The van der Waals surface area contributed by atoms with Crippen molar-refractivity contribution >= 4 is 0 Å². The Bertz CT molecular complexity index is 278. The Labute approximate surface area is 86.5 Å². The van der Waals surface area contributed by atoms with Gasteiger partial charge in [-0.1, -0.05) is 5.57 Å². The lowest BCUT2D eigenvalue weighted by atomic mass is 9.93. The van der Waals surface area contributed by atoms with E-state index < -0.39 is 0 Å². The highest BCUT2D eigenvalue weighted by Gasteiger charge is 2.36. The number of hydrogen-bond donors (Lipinski definition) is 1. The Morgan fingerprint density at radius 3 is 2.57 bits per heavy atom. The summed E-state index contributed by atoms with van der Waals surface area (Å²) < 4.78 is 0. The Morgan fingerprint density at radius 1 is 1.29 bits per heavy atom. The van der Waals surface area contributed by atoms with E-state index in [-0.39, 0.29) is 0 Å². The number of rotatable bonds is 2. The quantitative estimate of drug-likeness (QED) is 0.656. The van der Waals surface area contributed by atoms with Crippen molar-refractivity contribution in [1.29, 1.82) is 0 Å². The van der Waals surface area contributed by atoms with Gasteiger partial charge in [-0.25, -0.2) is 0 Å². The third-order valence-electron chi connectivity index (χ3n) is 3.53. The van der Waals surface area contributed by atoms with Crippen LogP contribution in [0.5, 0.6) is 0 Å². The molecule has 0 aromatic carbocycles. The number of allylic oxidation sites excluding steroid dienone is 4. The van der Waals surface area contributed by atoms with Gasteiger partial charge in [0.25, 0.3) is 0 Å². The van der Waals surface area contributed by atoms with Gasteiger partial charge < -0.3 is 5.11 Å². The van der Waals surface area contributed by atoms with E-state index in [9.17, 15) is 5.11 Å². The van der Waals surface area contributed by atoms with Gasteiger partial charge in [-0.05, 0) is 69.4 Å². The molecule has 0 heterocycles. The van der Waals surface area contributed by atoms with Crippen molar-refractivity contribution in [2.75, 3.05) is 0 Å². The molecule has 1 heteroatoms. The molecular formula is C13H20O. The van der Waals surface area contributed by atoms with Crippen molar-refractivity contribution < 1.29 is 5.11 Å². The number of aliphatic hydroxyl groups is 1. The maximum atomic E-state index is 9.25. The molecule has 2 saturated carbocycles. The Hall–Kier alpha value is -0.720. The summed E-state index contributed by atoms with van der Waals surface area (Å²) in [6.07, 6.45) is 8.79. The van der Waals surface area contributed by atoms with Crippen LogP contribution in [0.15, 0.2) is 23.0 Å². The van der Waals surface area contributed by atoms with E-state index in [4.69, 9.17) is 0 Å². The topological polar surface area (TPSA) is 20.2 Å². The van der Waals surface area contributed by atoms with Crippen LogP contribution < -0.4 is 0 Å². The molecule has 0 aromatic rings. The zero-order valence-corrected chi connectivity index (χ0v) is 9.21. The third kappa shape index (κ3) is 2.02. The van der Waals surface area contributed by atoms with Gasteiger partial charge in [-0.3, -0.25) is 0 Å². The van der Waals surface area contributed by atoms with E-state index in [1.165, 1.54) is 37.7 Å². The lowest BCUT2D eigenvalue weighted by molar-refractivity contribution is 0.413. The molecule has 0 bridgehead atoms. The van der Waals surface area contributed by atoms with E-state index in [0.717, 1.165) is 11.8 Å². The van der Waals surface area contributed by atoms with Crippen molar-refractivity contribution in [3.8, 4) is 0 Å². The van der Waals surface area contributed by atoms with E-state index >= 15 is 0 Å². The first-order valence-corrected chi connectivity index (χ1v) is 5.75. The smallest absolute Gasteiger partial charge is 0.0894 e. The second kappa shape index (κ2) is 3.80. The molecule has 2 aliphatic rings. The molecule has 0 radical (unpaired) electrons. The molecule has 2 aliphatic carbocycles. The summed E-state index contributed by atoms with van der Waals surface area (Å²) in [7, 11) is 0. The monoisotopic (exact) mass is 192 g/mol. The van der Waals surface area contributed by atoms with Crippen molar-refractivity contribution in [3.05, 3.63) is 23.0 Å². The van der Waals surface area contributed by atoms with Crippen molar-refractivity contribution in [2.24, 2.45) is 11.8 Å². The maximum Gasteiger partial charge on any atom is 0.0894 e. The first-order valence-electron chi connectivity index (χ1n) is 5.75. The van der Waals surface area contributed by atoms with Crippen LogP contribution >= 0.6 is 0 Å². The third-order valence-corrected chi connectivity index (χ3v) is 3.53. The zero-order chi connectivity index (χ0) is 10.1. The second-order valence-corrected chi connectivity index (χ2v) is 4.83. The van der Waals surface area contributed by atoms with E-state index in [2.05, 4.69) is 6.92 Å². The Balaban J connectivity index is 2.17. The minimum absolute atomic E-state index is 0.441. The van der Waals surface area contributed by atoms with Crippen LogP contribution in [0.3, 0.4) is 0 Å². The first kappa shape index (κ1) is 9.82. The molecule has 0 aromatic heterocycles. The molecule has 1 unspecified atom stereocenters. The fourth-order valence-corrected chi connectivity index (χ4v) is 2.79. The van der Waals surface area contributed by atoms with Crippen molar-refractivity contribution in [2.45, 2.75) is 46.0 Å². The molecule has 1 N–H and O–H groups in total. The van der Waals surface area contributed by atoms with Gasteiger partial charge in [0.1, 0.15) is 0 Å². The van der Waals surface area contributed by atoms with Gasteiger partial charge in [0, 0.05) is 0 Å². The summed E-state index contributed by atoms with van der Waals surface area (Å²) in [4.78, 5) is 0. The van der Waals surface area contributed by atoms with E-state index in [1.807, 2.05) is 6.08 Å². The Morgan fingerprint density at radius 2 is 2.00 bits per heavy atom. The zero-order valence-electron chi connectivity index (χ0n) is 9.21. The minimum Gasteiger partial charge on any atom is -0.513 e. The van der Waals surface area contributed by atoms with Crippen LogP contribution in [0, 0.1) is 11.8 Å². The maximum absolute atomic E-state index is 9.25. The summed E-state index contributed by atoms with van der Waals surface area (Å²) >= 11 is 0. The van der Waals surface area contributed by atoms with Crippen LogP contribution in [0.25, 0.3) is 0 Å². The predicted molar refractivity (Wildman–Crippen MR) is 59.2 cm³/mol. The molecule has 0 saturated heterocycles. The van der Waals surface area contributed by atoms with Crippen LogP contribution in [0.4, 0.5) is 0 Å². The largest absolute Gasteiger partial charge is 0.513 e. The highest BCUT2D eigenvalue weighted by molar-refractivity contribution is 5.29. The number of hydrogen-bond acceptors (Lipinski definition) is 1. The normalized spacial score (nSPS) is 32.1. The lowest BCUT2D eigenvalue weighted by Gasteiger charge is -2.12. The second-order valence-electron chi connectivity index (χ2n) is 4.83. The fraction of sp³-hybridized carbons (Fsp3) is 0.692. The summed E-state index contributed by atoms with van der Waals surface area (Å²) in [6, 6.07) is 0. The molecule has 0 amide bonds. The van der Waals surface area contributed by atoms with Gasteiger partial charge in [-0.15, -0.1) is 0 Å². The van der Waals surface area contributed by atoms with Gasteiger partial charge in [0.2, 0.25) is 0 Å². The van der Waals surface area contributed by atoms with Crippen molar-refractivity contribution in [3.63, 3.8) is 0 Å². The molecule has 14 heavy (non-hydrogen) atoms. The standard InChI is InChI=1S/C13H20O/c1-9(8-10(2)14)12-4-3-5-13(12)11-6-7-11/h8,11,13-14H,3-7H2,1-2H3/b10-8+,12-9+. The summed E-state index contributed by atoms with van der Waals surface area (Å²) in [5.74, 6) is 2.27. The summed E-state index contributed by atoms with van der Waals surface area (Å²) in [5, 5.41) is 9.25. The average Bonchev–Trinajstić information content (AvgIpc) is 2.82. The average molecular weight is 192 g/mol. The van der Waals surface area contributed by atoms with E-state index in [1.54, 1.807) is 12.5 Å². The molecule has 1 nitrogen and oxygen atoms in total. The van der Waals surface area contributed by atoms with Gasteiger partial charge >= 0.3 is 0 Å². The predicted octanol–water partition coefficient (Wildman–Crippen LogP) is 3.97. The highest BCUT2D eigenvalue weighted by atomic mass is 16.3. The van der Waals surface area contributed by atoms with Crippen molar-refractivity contribution in [1.82, 2.24) is 0 Å². The first-order chi connectivity index (χ1) is 6.68. The fourth-order valence-electron chi connectivity index (χ4n) is 2.79.